The Hall–Kier alpha value is -1.97. The first kappa shape index (κ1) is 17.1. The molecule has 0 aliphatic rings. The van der Waals surface area contributed by atoms with E-state index in [1.165, 1.54) is 0 Å². The van der Waals surface area contributed by atoms with Gasteiger partial charge in [0.25, 0.3) is 0 Å². The lowest BCUT2D eigenvalue weighted by atomic mass is 10.1. The molecule has 0 amide bonds. The molecule has 0 saturated carbocycles. The third-order valence-electron chi connectivity index (χ3n) is 3.01. The van der Waals surface area contributed by atoms with Gasteiger partial charge < -0.3 is 15.4 Å². The van der Waals surface area contributed by atoms with Crippen molar-refractivity contribution in [2.45, 2.75) is 26.8 Å². The number of para-hydroxylation sites is 1. The lowest BCUT2D eigenvalue weighted by Crippen LogP contribution is -2.37. The molecule has 0 aliphatic heterocycles. The third-order valence-corrected chi connectivity index (χ3v) is 3.01. The van der Waals surface area contributed by atoms with Crippen molar-refractivity contribution in [3.05, 3.63) is 42.5 Å². The molecule has 4 heteroatoms. The number of nitrogens with zero attached hydrogens (tertiary/aromatic N) is 1. The first-order valence-electron chi connectivity index (χ1n) is 7.43. The minimum absolute atomic E-state index is 0.512. The number of ether oxygens (including phenoxy) is 1. The van der Waals surface area contributed by atoms with E-state index in [1.807, 2.05) is 24.3 Å². The molecule has 0 unspecified atom stereocenters. The van der Waals surface area contributed by atoms with Gasteiger partial charge in [-0.25, -0.2) is 0 Å². The second-order valence-corrected chi connectivity index (χ2v) is 5.24. The van der Waals surface area contributed by atoms with Crippen LogP contribution in [0.15, 0.2) is 41.9 Å². The van der Waals surface area contributed by atoms with Crippen LogP contribution < -0.4 is 15.4 Å². The quantitative estimate of drug-likeness (QED) is 0.439. The number of aliphatic imine (C=N–C) groups is 1. The van der Waals surface area contributed by atoms with Crippen molar-refractivity contribution in [1.29, 1.82) is 0 Å². The average Bonchev–Trinajstić information content (AvgIpc) is 2.49. The Morgan fingerprint density at radius 2 is 2.10 bits per heavy atom. The summed E-state index contributed by atoms with van der Waals surface area (Å²) < 4.78 is 5.65. The molecule has 0 heterocycles. The lowest BCUT2D eigenvalue weighted by molar-refractivity contribution is 0.358. The zero-order valence-electron chi connectivity index (χ0n) is 13.4. The van der Waals surface area contributed by atoms with Gasteiger partial charge in [0.1, 0.15) is 12.4 Å². The number of guanidine groups is 1. The van der Waals surface area contributed by atoms with Crippen LogP contribution in [0.1, 0.15) is 25.8 Å². The van der Waals surface area contributed by atoms with Crippen LogP contribution in [-0.2, 0) is 6.54 Å². The van der Waals surface area contributed by atoms with E-state index < -0.39 is 0 Å². The van der Waals surface area contributed by atoms with E-state index >= 15 is 0 Å². The topological polar surface area (TPSA) is 45.6 Å². The molecule has 0 fully saturated rings. The fourth-order valence-electron chi connectivity index (χ4n) is 1.82. The number of hydrogen-bond donors (Lipinski definition) is 2. The van der Waals surface area contributed by atoms with Crippen LogP contribution >= 0.6 is 0 Å². The standard InChI is InChI=1S/C17H27N3O/c1-5-12-21-16-9-7-6-8-15(16)13-20-17(18-4)19-11-10-14(2)3/h5-9,14H,1,10-13H2,2-4H3,(H2,18,19,20). The molecule has 116 valence electrons. The van der Waals surface area contributed by atoms with Gasteiger partial charge in [0, 0.05) is 25.7 Å². The van der Waals surface area contributed by atoms with Gasteiger partial charge >= 0.3 is 0 Å². The summed E-state index contributed by atoms with van der Waals surface area (Å²) in [6.07, 6.45) is 2.87. The molecule has 0 bridgehead atoms. The maximum Gasteiger partial charge on any atom is 0.191 e. The van der Waals surface area contributed by atoms with Gasteiger partial charge in [-0.2, -0.15) is 0 Å². The molecule has 2 N–H and O–H groups in total. The van der Waals surface area contributed by atoms with E-state index in [1.54, 1.807) is 13.1 Å². The molecular weight excluding hydrogens is 262 g/mol. The van der Waals surface area contributed by atoms with Crippen LogP contribution in [0.5, 0.6) is 5.75 Å². The van der Waals surface area contributed by atoms with E-state index in [9.17, 15) is 0 Å². The Kier molecular flexibility index (Phi) is 8.02. The summed E-state index contributed by atoms with van der Waals surface area (Å²) in [5, 5.41) is 6.62. The molecule has 0 aliphatic carbocycles. The fraction of sp³-hybridized carbons (Fsp3) is 0.471. The molecule has 0 saturated heterocycles. The smallest absolute Gasteiger partial charge is 0.191 e. The van der Waals surface area contributed by atoms with Gasteiger partial charge in [-0.05, 0) is 18.4 Å². The molecule has 0 atom stereocenters. The minimum Gasteiger partial charge on any atom is -0.489 e. The molecule has 4 nitrogen and oxygen atoms in total. The second kappa shape index (κ2) is 9.86. The maximum atomic E-state index is 5.65. The van der Waals surface area contributed by atoms with Crippen molar-refractivity contribution in [3.8, 4) is 5.75 Å². The summed E-state index contributed by atoms with van der Waals surface area (Å²) >= 11 is 0. The monoisotopic (exact) mass is 289 g/mol. The molecule has 0 radical (unpaired) electrons. The number of nitrogens with one attached hydrogen (secondary N) is 2. The van der Waals surface area contributed by atoms with Crippen LogP contribution in [0.2, 0.25) is 0 Å². The first-order valence-corrected chi connectivity index (χ1v) is 7.43. The van der Waals surface area contributed by atoms with Crippen molar-refractivity contribution in [2.24, 2.45) is 10.9 Å². The Balaban J connectivity index is 2.50. The summed E-state index contributed by atoms with van der Waals surface area (Å²) in [5.41, 5.74) is 1.10. The highest BCUT2D eigenvalue weighted by molar-refractivity contribution is 5.79. The molecule has 1 aromatic rings. The average molecular weight is 289 g/mol. The number of rotatable bonds is 8. The van der Waals surface area contributed by atoms with Gasteiger partial charge in [-0.1, -0.05) is 44.7 Å². The number of hydrogen-bond acceptors (Lipinski definition) is 2. The van der Waals surface area contributed by atoms with Crippen molar-refractivity contribution in [2.75, 3.05) is 20.2 Å². The van der Waals surface area contributed by atoms with E-state index in [0.717, 1.165) is 30.2 Å². The summed E-state index contributed by atoms with van der Waals surface area (Å²) in [7, 11) is 1.78. The molecule has 1 rings (SSSR count). The van der Waals surface area contributed by atoms with Gasteiger partial charge in [-0.15, -0.1) is 0 Å². The van der Waals surface area contributed by atoms with Crippen molar-refractivity contribution in [3.63, 3.8) is 0 Å². The maximum absolute atomic E-state index is 5.65. The Morgan fingerprint density at radius 3 is 2.76 bits per heavy atom. The molecule has 0 aromatic heterocycles. The second-order valence-electron chi connectivity index (χ2n) is 5.24. The minimum atomic E-state index is 0.512. The fourth-order valence-corrected chi connectivity index (χ4v) is 1.82. The van der Waals surface area contributed by atoms with Crippen molar-refractivity contribution >= 4 is 5.96 Å². The van der Waals surface area contributed by atoms with Crippen LogP contribution in [0.25, 0.3) is 0 Å². The van der Waals surface area contributed by atoms with Crippen molar-refractivity contribution in [1.82, 2.24) is 10.6 Å². The molecule has 0 spiro atoms. The molecular formula is C17H27N3O. The predicted molar refractivity (Wildman–Crippen MR) is 89.8 cm³/mol. The van der Waals surface area contributed by atoms with Gasteiger partial charge in [-0.3, -0.25) is 4.99 Å². The summed E-state index contributed by atoms with van der Waals surface area (Å²) in [6.45, 7) is 10.2. The van der Waals surface area contributed by atoms with E-state index in [0.29, 0.717) is 19.1 Å². The van der Waals surface area contributed by atoms with E-state index in [-0.39, 0.29) is 0 Å². The Morgan fingerprint density at radius 1 is 1.33 bits per heavy atom. The lowest BCUT2D eigenvalue weighted by Gasteiger charge is -2.15. The zero-order chi connectivity index (χ0) is 15.5. The van der Waals surface area contributed by atoms with Gasteiger partial charge in [0.05, 0.1) is 0 Å². The highest BCUT2D eigenvalue weighted by atomic mass is 16.5. The van der Waals surface area contributed by atoms with E-state index in [2.05, 4.69) is 36.1 Å². The van der Waals surface area contributed by atoms with Crippen LogP contribution in [0, 0.1) is 5.92 Å². The highest BCUT2D eigenvalue weighted by Crippen LogP contribution is 2.17. The predicted octanol–water partition coefficient (Wildman–Crippen LogP) is 2.96. The van der Waals surface area contributed by atoms with Crippen molar-refractivity contribution < 1.29 is 4.74 Å². The summed E-state index contributed by atoms with van der Waals surface area (Å²) in [4.78, 5) is 4.23. The highest BCUT2D eigenvalue weighted by Gasteiger charge is 2.04. The largest absolute Gasteiger partial charge is 0.489 e. The van der Waals surface area contributed by atoms with Crippen LogP contribution in [0.4, 0.5) is 0 Å². The Bertz CT molecular complexity index is 455. The number of benzene rings is 1. The molecule has 1 aromatic carbocycles. The summed E-state index contributed by atoms with van der Waals surface area (Å²) in [6, 6.07) is 7.99. The van der Waals surface area contributed by atoms with Crippen LogP contribution in [-0.4, -0.2) is 26.2 Å². The zero-order valence-corrected chi connectivity index (χ0v) is 13.4. The Labute approximate surface area is 128 Å². The summed E-state index contributed by atoms with van der Waals surface area (Å²) in [5.74, 6) is 2.38. The van der Waals surface area contributed by atoms with Gasteiger partial charge in [0.2, 0.25) is 0 Å². The normalized spacial score (nSPS) is 11.3. The van der Waals surface area contributed by atoms with Gasteiger partial charge in [0.15, 0.2) is 5.96 Å². The van der Waals surface area contributed by atoms with Crippen LogP contribution in [0.3, 0.4) is 0 Å². The first-order chi connectivity index (χ1) is 10.2. The molecule has 21 heavy (non-hydrogen) atoms. The van der Waals surface area contributed by atoms with E-state index in [4.69, 9.17) is 4.74 Å². The SMILES string of the molecule is C=CCOc1ccccc1CNC(=NC)NCCC(C)C. The third kappa shape index (κ3) is 6.84.